The van der Waals surface area contributed by atoms with Crippen LogP contribution < -0.4 is 5.32 Å². The number of nitrogens with zero attached hydrogens (tertiary/aromatic N) is 2. The Hall–Kier alpha value is -3.07. The average molecular weight is 564 g/mol. The summed E-state index contributed by atoms with van der Waals surface area (Å²) in [6, 6.07) is 9.18. The van der Waals surface area contributed by atoms with E-state index < -0.39 is 17.9 Å². The van der Waals surface area contributed by atoms with Crippen molar-refractivity contribution in [3.63, 3.8) is 0 Å². The molecular weight excluding hydrogens is 539 g/mol. The number of aliphatic carboxylic acids is 1. The van der Waals surface area contributed by atoms with Crippen LogP contribution in [0.2, 0.25) is 15.1 Å². The highest BCUT2D eigenvalue weighted by molar-refractivity contribution is 6.41. The minimum absolute atomic E-state index is 0.000877. The molecule has 194 valence electrons. The molecule has 11 heteroatoms. The van der Waals surface area contributed by atoms with Gasteiger partial charge >= 0.3 is 5.97 Å². The molecule has 0 spiro atoms. The van der Waals surface area contributed by atoms with E-state index >= 15 is 0 Å². The van der Waals surface area contributed by atoms with Crippen LogP contribution in [0.5, 0.6) is 0 Å². The van der Waals surface area contributed by atoms with Crippen LogP contribution in [0, 0.1) is 0 Å². The number of carboxylic acid groups (broad SMARTS) is 1. The third-order valence-electron chi connectivity index (χ3n) is 6.25. The molecule has 1 aromatic heterocycles. The molecular formula is C26H25Cl3N4O4. The number of rotatable bonds is 8. The first-order chi connectivity index (χ1) is 17.5. The van der Waals surface area contributed by atoms with E-state index in [0.29, 0.717) is 41.4 Å². The number of carbonyl (C=O) groups excluding carboxylic acids is 2. The Balaban J connectivity index is 1.54. The van der Waals surface area contributed by atoms with Crippen LogP contribution in [-0.2, 0) is 24.2 Å². The Morgan fingerprint density at radius 1 is 1.16 bits per heavy atom. The van der Waals surface area contributed by atoms with Crippen molar-refractivity contribution in [1.29, 1.82) is 0 Å². The molecule has 1 atom stereocenters. The van der Waals surface area contributed by atoms with Crippen LogP contribution in [-0.4, -0.2) is 50.6 Å². The van der Waals surface area contributed by atoms with Crippen LogP contribution in [0.4, 0.5) is 0 Å². The third kappa shape index (κ3) is 5.92. The van der Waals surface area contributed by atoms with Crippen molar-refractivity contribution in [3.05, 3.63) is 85.1 Å². The number of benzene rings is 2. The van der Waals surface area contributed by atoms with Gasteiger partial charge in [0.2, 0.25) is 0 Å². The van der Waals surface area contributed by atoms with Gasteiger partial charge in [0.1, 0.15) is 6.04 Å². The predicted octanol–water partition coefficient (Wildman–Crippen LogP) is 5.12. The maximum atomic E-state index is 13.2. The van der Waals surface area contributed by atoms with Gasteiger partial charge < -0.3 is 15.3 Å². The number of carboxylic acids is 1. The molecule has 3 N–H and O–H groups in total. The Kier molecular flexibility index (Phi) is 8.11. The fourth-order valence-electron chi connectivity index (χ4n) is 4.21. The largest absolute Gasteiger partial charge is 0.480 e. The molecule has 4 rings (SSSR count). The highest BCUT2D eigenvalue weighted by Gasteiger charge is 2.32. The van der Waals surface area contributed by atoms with E-state index in [1.807, 2.05) is 26.0 Å². The Morgan fingerprint density at radius 3 is 2.49 bits per heavy atom. The second kappa shape index (κ2) is 11.1. The van der Waals surface area contributed by atoms with Gasteiger partial charge in [-0.3, -0.25) is 14.7 Å². The summed E-state index contributed by atoms with van der Waals surface area (Å²) in [5.74, 6) is -2.03. The maximum absolute atomic E-state index is 13.2. The number of halogens is 3. The molecule has 0 bridgehead atoms. The van der Waals surface area contributed by atoms with Gasteiger partial charge in [0.05, 0.1) is 21.3 Å². The van der Waals surface area contributed by atoms with Crippen molar-refractivity contribution < 1.29 is 19.5 Å². The third-order valence-corrected chi connectivity index (χ3v) is 7.22. The van der Waals surface area contributed by atoms with Gasteiger partial charge in [-0.2, -0.15) is 5.10 Å². The maximum Gasteiger partial charge on any atom is 0.326 e. The molecule has 1 aliphatic heterocycles. The van der Waals surface area contributed by atoms with E-state index in [1.165, 1.54) is 6.07 Å². The van der Waals surface area contributed by atoms with Crippen LogP contribution >= 0.6 is 34.8 Å². The summed E-state index contributed by atoms with van der Waals surface area (Å²) in [4.78, 5) is 39.9. The van der Waals surface area contributed by atoms with E-state index in [4.69, 9.17) is 34.8 Å². The smallest absolute Gasteiger partial charge is 0.326 e. The lowest BCUT2D eigenvalue weighted by atomic mass is 9.95. The first-order valence-electron chi connectivity index (χ1n) is 11.7. The van der Waals surface area contributed by atoms with E-state index in [1.54, 1.807) is 23.1 Å². The van der Waals surface area contributed by atoms with Crippen LogP contribution in [0.15, 0.2) is 36.4 Å². The molecule has 37 heavy (non-hydrogen) atoms. The van der Waals surface area contributed by atoms with Crippen molar-refractivity contribution in [2.45, 2.75) is 45.2 Å². The molecule has 0 radical (unpaired) electrons. The van der Waals surface area contributed by atoms with Crippen LogP contribution in [0.1, 0.15) is 63.0 Å². The molecule has 0 unspecified atom stereocenters. The van der Waals surface area contributed by atoms with E-state index in [0.717, 1.165) is 11.3 Å². The fraction of sp³-hybridized carbons (Fsp3) is 0.308. The summed E-state index contributed by atoms with van der Waals surface area (Å²) in [5, 5.41) is 19.8. The van der Waals surface area contributed by atoms with E-state index in [2.05, 4.69) is 15.5 Å². The van der Waals surface area contributed by atoms with Crippen molar-refractivity contribution >= 4 is 52.6 Å². The molecule has 3 aromatic rings. The normalized spacial score (nSPS) is 14.0. The molecule has 0 saturated heterocycles. The number of amides is 2. The van der Waals surface area contributed by atoms with Gasteiger partial charge in [0.15, 0.2) is 0 Å². The predicted molar refractivity (Wildman–Crippen MR) is 142 cm³/mol. The van der Waals surface area contributed by atoms with Crippen LogP contribution in [0.3, 0.4) is 0 Å². The minimum atomic E-state index is -1.24. The van der Waals surface area contributed by atoms with Gasteiger partial charge in [-0.1, -0.05) is 60.8 Å². The first kappa shape index (κ1) is 27.0. The SMILES string of the molecule is CC(C)c1cc(C[C@H](NC(=O)c2c(Cl)cc3c(c2Cl)CCN(Cc2ccc(Cl)cc2)C3=O)C(=O)O)[nH]n1. The Labute approximate surface area is 228 Å². The van der Waals surface area contributed by atoms with Crippen molar-refractivity contribution in [1.82, 2.24) is 20.4 Å². The highest BCUT2D eigenvalue weighted by atomic mass is 35.5. The summed E-state index contributed by atoms with van der Waals surface area (Å²) in [6.07, 6.45) is 0.415. The molecule has 2 aromatic carbocycles. The molecule has 8 nitrogen and oxygen atoms in total. The van der Waals surface area contributed by atoms with Crippen molar-refractivity contribution in [2.24, 2.45) is 0 Å². The Morgan fingerprint density at radius 2 is 1.86 bits per heavy atom. The number of hydrogen-bond donors (Lipinski definition) is 3. The highest BCUT2D eigenvalue weighted by Crippen LogP contribution is 2.35. The van der Waals surface area contributed by atoms with Crippen molar-refractivity contribution in [2.75, 3.05) is 6.54 Å². The number of hydrogen-bond acceptors (Lipinski definition) is 4. The Bertz CT molecular complexity index is 1350. The topological polar surface area (TPSA) is 115 Å². The number of nitrogens with one attached hydrogen (secondary N) is 2. The molecule has 0 fully saturated rings. The number of fused-ring (bicyclic) bond motifs is 1. The lowest BCUT2D eigenvalue weighted by Gasteiger charge is -2.30. The second-order valence-corrected chi connectivity index (χ2v) is 10.4. The van der Waals surface area contributed by atoms with Gasteiger partial charge in [-0.25, -0.2) is 4.79 Å². The first-order valence-corrected chi connectivity index (χ1v) is 12.8. The lowest BCUT2D eigenvalue weighted by Crippen LogP contribution is -2.43. The summed E-state index contributed by atoms with van der Waals surface area (Å²) >= 11 is 19.0. The second-order valence-electron chi connectivity index (χ2n) is 9.22. The summed E-state index contributed by atoms with van der Waals surface area (Å²) < 4.78 is 0. The van der Waals surface area contributed by atoms with E-state index in [9.17, 15) is 19.5 Å². The molecule has 1 aliphatic rings. The number of H-pyrrole nitrogens is 1. The van der Waals surface area contributed by atoms with Gasteiger partial charge in [0.25, 0.3) is 11.8 Å². The molecule has 0 saturated carbocycles. The van der Waals surface area contributed by atoms with Gasteiger partial charge in [0, 0.05) is 35.8 Å². The zero-order chi connectivity index (χ0) is 26.9. The monoisotopic (exact) mass is 562 g/mol. The standard InChI is InChI=1S/C26H25Cl3N4O4/c1-13(2)20-9-16(31-32-20)10-21(26(36)37)30-24(34)22-19(28)11-18-17(23(22)29)7-8-33(25(18)35)12-14-3-5-15(27)6-4-14/h3-6,9,11,13,21H,7-8,10,12H2,1-2H3,(H,30,34)(H,31,32)(H,36,37)/t21-/m0/s1. The van der Waals surface area contributed by atoms with Crippen LogP contribution in [0.25, 0.3) is 0 Å². The molecule has 2 heterocycles. The lowest BCUT2D eigenvalue weighted by molar-refractivity contribution is -0.139. The van der Waals surface area contributed by atoms with Gasteiger partial charge in [-0.05, 0) is 47.7 Å². The zero-order valence-electron chi connectivity index (χ0n) is 20.1. The van der Waals surface area contributed by atoms with Crippen molar-refractivity contribution in [3.8, 4) is 0 Å². The molecule has 2 amide bonds. The van der Waals surface area contributed by atoms with Gasteiger partial charge in [-0.15, -0.1) is 0 Å². The molecule has 0 aliphatic carbocycles. The number of aromatic nitrogens is 2. The number of aromatic amines is 1. The number of carbonyl (C=O) groups is 3. The summed E-state index contributed by atoms with van der Waals surface area (Å²) in [6.45, 7) is 4.72. The summed E-state index contributed by atoms with van der Waals surface area (Å²) in [5.41, 5.74) is 3.06. The average Bonchev–Trinajstić information content (AvgIpc) is 3.31. The fourth-order valence-corrected chi connectivity index (χ4v) is 5.06. The quantitative estimate of drug-likeness (QED) is 0.352. The summed E-state index contributed by atoms with van der Waals surface area (Å²) in [7, 11) is 0. The minimum Gasteiger partial charge on any atom is -0.480 e. The zero-order valence-corrected chi connectivity index (χ0v) is 22.4. The van der Waals surface area contributed by atoms with E-state index in [-0.39, 0.29) is 33.9 Å².